The van der Waals surface area contributed by atoms with E-state index in [1.807, 2.05) is 48.5 Å². The molecular formula is C38H37Br2N3O2. The Hall–Kier alpha value is -4.30. The highest BCUT2D eigenvalue weighted by atomic mass is 79.9. The Kier molecular flexibility index (Phi) is 13.5. The fourth-order valence-corrected chi connectivity index (χ4v) is 5.28. The van der Waals surface area contributed by atoms with Crippen molar-refractivity contribution in [3.63, 3.8) is 0 Å². The van der Waals surface area contributed by atoms with Gasteiger partial charge in [-0.3, -0.25) is 9.79 Å². The molecule has 0 saturated heterocycles. The lowest BCUT2D eigenvalue weighted by molar-refractivity contribution is 0.112. The third-order valence-electron chi connectivity index (χ3n) is 6.73. The zero-order valence-corrected chi connectivity index (χ0v) is 27.4. The van der Waals surface area contributed by atoms with Crippen molar-refractivity contribution in [1.29, 1.82) is 0 Å². The maximum absolute atomic E-state index is 10.1. The Morgan fingerprint density at radius 2 is 1.18 bits per heavy atom. The van der Waals surface area contributed by atoms with Crippen LogP contribution in [-0.4, -0.2) is 23.7 Å². The molecule has 1 heterocycles. The van der Waals surface area contributed by atoms with Crippen LogP contribution in [-0.2, 0) is 6.42 Å². The standard InChI is InChI=1S/C18H12BrN.C10H10N2.C7H5BrO.C2H6O.CH4/c19-15-9-7-12(8-10-15)17-11-14-5-1-3-13-4-2-6-16(20-17)18(13)14;11-8-5-1-3-7-4-2-6-9(12)10(7)8;8-7-3-1-6(5-9)2-4-7;1-2-3;/h1-10H,11H2;1-6H,11-12H2;1-5H;3H,2H2,1H3;1H4. The van der Waals surface area contributed by atoms with Crippen molar-refractivity contribution in [3.05, 3.63) is 147 Å². The summed E-state index contributed by atoms with van der Waals surface area (Å²) in [5, 5.41) is 12.2. The van der Waals surface area contributed by atoms with E-state index in [2.05, 4.69) is 92.5 Å². The van der Waals surface area contributed by atoms with Crippen LogP contribution in [0.25, 0.3) is 21.5 Å². The number of benzene rings is 6. The number of rotatable bonds is 2. The molecule has 0 atom stereocenters. The van der Waals surface area contributed by atoms with Gasteiger partial charge in [0.2, 0.25) is 0 Å². The monoisotopic (exact) mass is 725 g/mol. The normalized spacial score (nSPS) is 10.9. The number of anilines is 2. The average molecular weight is 728 g/mol. The summed E-state index contributed by atoms with van der Waals surface area (Å²) in [7, 11) is 0. The van der Waals surface area contributed by atoms with E-state index in [0.717, 1.165) is 55.2 Å². The molecule has 0 fully saturated rings. The smallest absolute Gasteiger partial charge is 0.150 e. The van der Waals surface area contributed by atoms with Crippen LogP contribution in [0.3, 0.4) is 0 Å². The Labute approximate surface area is 281 Å². The van der Waals surface area contributed by atoms with Crippen LogP contribution >= 0.6 is 31.9 Å². The molecule has 7 rings (SSSR count). The molecule has 0 spiro atoms. The number of aliphatic hydroxyl groups is 1. The van der Waals surface area contributed by atoms with Gasteiger partial charge in [0.15, 0.2) is 0 Å². The van der Waals surface area contributed by atoms with Gasteiger partial charge in [-0.1, -0.05) is 118 Å². The van der Waals surface area contributed by atoms with E-state index >= 15 is 0 Å². The van der Waals surface area contributed by atoms with E-state index in [0.29, 0.717) is 5.56 Å². The minimum atomic E-state index is 0. The van der Waals surface area contributed by atoms with Crippen LogP contribution in [0.2, 0.25) is 0 Å². The number of carbonyl (C=O) groups is 1. The summed E-state index contributed by atoms with van der Waals surface area (Å²) in [4.78, 5) is 15.0. The highest BCUT2D eigenvalue weighted by Crippen LogP contribution is 2.34. The van der Waals surface area contributed by atoms with Gasteiger partial charge in [0.25, 0.3) is 0 Å². The number of aliphatic imine (C=N–C) groups is 1. The number of nitrogens with zero attached hydrogens (tertiary/aromatic N) is 1. The molecular weight excluding hydrogens is 690 g/mol. The van der Waals surface area contributed by atoms with E-state index in [1.165, 1.54) is 21.9 Å². The molecule has 7 heteroatoms. The molecule has 5 N–H and O–H groups in total. The maximum Gasteiger partial charge on any atom is 0.150 e. The molecule has 0 saturated carbocycles. The van der Waals surface area contributed by atoms with Gasteiger partial charge in [0.05, 0.1) is 11.4 Å². The molecule has 0 amide bonds. The number of hydrogen-bond donors (Lipinski definition) is 3. The molecule has 0 radical (unpaired) electrons. The third kappa shape index (κ3) is 9.35. The number of nitrogens with two attached hydrogens (primary N) is 2. The first-order valence-electron chi connectivity index (χ1n) is 14.0. The van der Waals surface area contributed by atoms with Crippen LogP contribution in [0.4, 0.5) is 17.1 Å². The summed E-state index contributed by atoms with van der Waals surface area (Å²) < 4.78 is 2.09. The number of fused-ring (bicyclic) bond motifs is 1. The summed E-state index contributed by atoms with van der Waals surface area (Å²) in [5.74, 6) is 0. The number of halogens is 2. The predicted octanol–water partition coefficient (Wildman–Crippen LogP) is 10.2. The van der Waals surface area contributed by atoms with Gasteiger partial charge in [0.1, 0.15) is 6.29 Å². The molecule has 5 nitrogen and oxygen atoms in total. The number of hydrogen-bond acceptors (Lipinski definition) is 5. The molecule has 0 bridgehead atoms. The Morgan fingerprint density at radius 1 is 0.711 bits per heavy atom. The average Bonchev–Trinajstić information content (AvgIpc) is 3.03. The van der Waals surface area contributed by atoms with E-state index < -0.39 is 0 Å². The lowest BCUT2D eigenvalue weighted by Gasteiger charge is -2.17. The van der Waals surface area contributed by atoms with E-state index in [1.54, 1.807) is 19.1 Å². The molecule has 1 aliphatic heterocycles. The van der Waals surface area contributed by atoms with Gasteiger partial charge >= 0.3 is 0 Å². The van der Waals surface area contributed by atoms with Crippen LogP contribution in [0.5, 0.6) is 0 Å². The van der Waals surface area contributed by atoms with Crippen molar-refractivity contribution in [3.8, 4) is 0 Å². The molecule has 6 aromatic carbocycles. The van der Waals surface area contributed by atoms with Crippen molar-refractivity contribution < 1.29 is 9.90 Å². The molecule has 0 aromatic heterocycles. The van der Waals surface area contributed by atoms with Gasteiger partial charge in [-0.15, -0.1) is 0 Å². The summed E-state index contributed by atoms with van der Waals surface area (Å²) in [6, 6.07) is 40.0. The largest absolute Gasteiger partial charge is 0.398 e. The molecule has 230 valence electrons. The van der Waals surface area contributed by atoms with Gasteiger partial charge in [-0.05, 0) is 71.3 Å². The Bertz CT molecular complexity index is 1850. The van der Waals surface area contributed by atoms with Crippen molar-refractivity contribution in [1.82, 2.24) is 0 Å². The van der Waals surface area contributed by atoms with Gasteiger partial charge in [-0.25, -0.2) is 0 Å². The summed E-state index contributed by atoms with van der Waals surface area (Å²) >= 11 is 6.74. The van der Waals surface area contributed by atoms with Crippen LogP contribution in [0, 0.1) is 0 Å². The van der Waals surface area contributed by atoms with Crippen molar-refractivity contribution in [2.75, 3.05) is 18.1 Å². The lowest BCUT2D eigenvalue weighted by Crippen LogP contribution is -2.08. The first-order chi connectivity index (χ1) is 21.3. The predicted molar refractivity (Wildman–Crippen MR) is 200 cm³/mol. The highest BCUT2D eigenvalue weighted by Gasteiger charge is 2.15. The van der Waals surface area contributed by atoms with Crippen LogP contribution in [0.1, 0.15) is 35.8 Å². The number of aldehydes is 1. The molecule has 45 heavy (non-hydrogen) atoms. The molecule has 0 unspecified atom stereocenters. The first kappa shape index (κ1) is 35.2. The third-order valence-corrected chi connectivity index (χ3v) is 7.79. The Morgan fingerprint density at radius 3 is 1.69 bits per heavy atom. The zero-order chi connectivity index (χ0) is 31.5. The lowest BCUT2D eigenvalue weighted by atomic mass is 9.93. The topological polar surface area (TPSA) is 102 Å². The van der Waals surface area contributed by atoms with Gasteiger partial charge < -0.3 is 16.6 Å². The fourth-order valence-electron chi connectivity index (χ4n) is 4.75. The second kappa shape index (κ2) is 17.3. The highest BCUT2D eigenvalue weighted by molar-refractivity contribution is 9.10. The zero-order valence-electron chi connectivity index (χ0n) is 24.3. The molecule has 1 aliphatic rings. The maximum atomic E-state index is 10.1. The molecule has 0 aliphatic carbocycles. The van der Waals surface area contributed by atoms with E-state index in [9.17, 15) is 4.79 Å². The fraction of sp³-hybridized carbons (Fsp3) is 0.105. The second-order valence-electron chi connectivity index (χ2n) is 9.81. The van der Waals surface area contributed by atoms with Crippen molar-refractivity contribution in [2.45, 2.75) is 20.8 Å². The van der Waals surface area contributed by atoms with Gasteiger partial charge in [-0.2, -0.15) is 0 Å². The summed E-state index contributed by atoms with van der Waals surface area (Å²) in [6.07, 6.45) is 1.72. The minimum absolute atomic E-state index is 0. The van der Waals surface area contributed by atoms with Gasteiger partial charge in [0, 0.05) is 49.7 Å². The molecule has 6 aromatic rings. The van der Waals surface area contributed by atoms with Crippen LogP contribution in [0.15, 0.2) is 135 Å². The number of nitrogen functional groups attached to an aromatic ring is 2. The summed E-state index contributed by atoms with van der Waals surface area (Å²) in [5.41, 5.74) is 18.5. The number of aliphatic hydroxyl groups excluding tert-OH is 1. The van der Waals surface area contributed by atoms with Crippen molar-refractivity contribution in [2.24, 2.45) is 4.99 Å². The van der Waals surface area contributed by atoms with Crippen LogP contribution < -0.4 is 11.5 Å². The number of carbonyl (C=O) groups excluding carboxylic acids is 1. The second-order valence-corrected chi connectivity index (χ2v) is 11.6. The first-order valence-corrected chi connectivity index (χ1v) is 15.6. The summed E-state index contributed by atoms with van der Waals surface area (Å²) in [6.45, 7) is 1.93. The quantitative estimate of drug-likeness (QED) is 0.122. The minimum Gasteiger partial charge on any atom is -0.398 e. The SMILES string of the molecule is Brc1ccc(C2=Nc3cccc4cccc(c34)C2)cc1.C.CCO.Nc1cccc2cccc(N)c12.O=Cc1ccc(Br)cc1. The Balaban J connectivity index is 0.000000189. The van der Waals surface area contributed by atoms with E-state index in [4.69, 9.17) is 21.6 Å². The van der Waals surface area contributed by atoms with E-state index in [-0.39, 0.29) is 14.0 Å². The van der Waals surface area contributed by atoms with Crippen molar-refractivity contribution >= 4 is 82.5 Å².